The maximum absolute atomic E-state index is 11.9. The lowest BCUT2D eigenvalue weighted by Crippen LogP contribution is -2.39. The molecule has 19 heavy (non-hydrogen) atoms. The normalized spacial score (nSPS) is 12.3. The van der Waals surface area contributed by atoms with Crippen molar-refractivity contribution in [2.45, 2.75) is 39.0 Å². The fourth-order valence-electron chi connectivity index (χ4n) is 1.14. The summed E-state index contributed by atoms with van der Waals surface area (Å²) < 4.78 is 41.1. The van der Waals surface area contributed by atoms with Gasteiger partial charge in [0.25, 0.3) is 0 Å². The smallest absolute Gasteiger partial charge is 0.379 e. The summed E-state index contributed by atoms with van der Waals surface area (Å²) in [6, 6.07) is 0. The number of aliphatic imine (C=N–C) groups is 1. The van der Waals surface area contributed by atoms with Crippen molar-refractivity contribution < 1.29 is 17.9 Å². The topological polar surface area (TPSA) is 45.7 Å². The molecule has 0 fully saturated rings. The van der Waals surface area contributed by atoms with Crippen LogP contribution in [0.15, 0.2) is 4.99 Å². The van der Waals surface area contributed by atoms with E-state index in [-0.39, 0.29) is 36.6 Å². The Bertz CT molecular complexity index is 248. The molecule has 0 rings (SSSR count). The standard InChI is InChI=1S/C11H22F3N3O.HI/c1-9(2)18-8-4-6-16-10(15-3)17-7-5-11(12,13)14;/h9H,4-8H2,1-3H3,(H2,15,16,17);1H. The first kappa shape index (κ1) is 21.1. The van der Waals surface area contributed by atoms with E-state index in [0.717, 1.165) is 6.42 Å². The summed E-state index contributed by atoms with van der Waals surface area (Å²) in [4.78, 5) is 3.83. The van der Waals surface area contributed by atoms with Crippen LogP contribution in [0.5, 0.6) is 0 Å². The minimum atomic E-state index is -4.14. The van der Waals surface area contributed by atoms with Gasteiger partial charge in [0.1, 0.15) is 0 Å². The molecule has 0 heterocycles. The molecule has 0 atom stereocenters. The van der Waals surface area contributed by atoms with Gasteiger partial charge in [-0.15, -0.1) is 24.0 Å². The lowest BCUT2D eigenvalue weighted by molar-refractivity contribution is -0.132. The van der Waals surface area contributed by atoms with Crippen LogP contribution in [-0.2, 0) is 4.74 Å². The van der Waals surface area contributed by atoms with Gasteiger partial charge in [-0.05, 0) is 20.3 Å². The van der Waals surface area contributed by atoms with E-state index in [2.05, 4.69) is 15.6 Å². The molecule has 0 radical (unpaired) electrons. The third-order valence-electron chi connectivity index (χ3n) is 1.99. The van der Waals surface area contributed by atoms with Gasteiger partial charge in [0.05, 0.1) is 12.5 Å². The van der Waals surface area contributed by atoms with Crippen molar-refractivity contribution in [3.63, 3.8) is 0 Å². The van der Waals surface area contributed by atoms with Gasteiger partial charge in [-0.2, -0.15) is 13.2 Å². The first-order valence-electron chi connectivity index (χ1n) is 5.98. The molecule has 0 aromatic carbocycles. The zero-order valence-corrected chi connectivity index (χ0v) is 13.8. The minimum Gasteiger partial charge on any atom is -0.379 e. The fraction of sp³-hybridized carbons (Fsp3) is 0.909. The van der Waals surface area contributed by atoms with Crippen molar-refractivity contribution in [2.24, 2.45) is 4.99 Å². The number of ether oxygens (including phenoxy) is 1. The molecule has 0 saturated heterocycles. The van der Waals surface area contributed by atoms with Crippen LogP contribution in [0.4, 0.5) is 13.2 Å². The second-order valence-electron chi connectivity index (χ2n) is 4.06. The number of nitrogens with zero attached hydrogens (tertiary/aromatic N) is 1. The van der Waals surface area contributed by atoms with Crippen molar-refractivity contribution in [2.75, 3.05) is 26.7 Å². The number of guanidine groups is 1. The maximum atomic E-state index is 11.9. The van der Waals surface area contributed by atoms with E-state index in [1.165, 1.54) is 7.05 Å². The van der Waals surface area contributed by atoms with E-state index in [0.29, 0.717) is 19.1 Å². The van der Waals surface area contributed by atoms with Gasteiger partial charge in [-0.1, -0.05) is 0 Å². The van der Waals surface area contributed by atoms with Crippen LogP contribution in [0.1, 0.15) is 26.7 Å². The van der Waals surface area contributed by atoms with Gasteiger partial charge >= 0.3 is 6.18 Å². The number of hydrogen-bond donors (Lipinski definition) is 2. The molecule has 0 aromatic rings. The third kappa shape index (κ3) is 15.7. The summed E-state index contributed by atoms with van der Waals surface area (Å²) in [5, 5.41) is 5.52. The highest BCUT2D eigenvalue weighted by molar-refractivity contribution is 14.0. The van der Waals surface area contributed by atoms with Crippen LogP contribution in [0.2, 0.25) is 0 Å². The number of halogens is 4. The van der Waals surface area contributed by atoms with Crippen LogP contribution < -0.4 is 10.6 Å². The van der Waals surface area contributed by atoms with E-state index < -0.39 is 12.6 Å². The molecule has 4 nitrogen and oxygen atoms in total. The Morgan fingerprint density at radius 1 is 1.21 bits per heavy atom. The molecular formula is C11H23F3IN3O. The quantitative estimate of drug-likeness (QED) is 0.301. The predicted molar refractivity (Wildman–Crippen MR) is 81.2 cm³/mol. The zero-order chi connectivity index (χ0) is 14.0. The Kier molecular flexibility index (Phi) is 12.8. The second kappa shape index (κ2) is 11.6. The highest BCUT2D eigenvalue weighted by atomic mass is 127. The van der Waals surface area contributed by atoms with E-state index in [1.54, 1.807) is 0 Å². The molecule has 0 aromatic heterocycles. The van der Waals surface area contributed by atoms with Crippen molar-refractivity contribution in [3.05, 3.63) is 0 Å². The maximum Gasteiger partial charge on any atom is 0.390 e. The minimum absolute atomic E-state index is 0. The molecule has 0 aliphatic carbocycles. The zero-order valence-electron chi connectivity index (χ0n) is 11.5. The molecular weight excluding hydrogens is 374 g/mol. The molecule has 8 heteroatoms. The van der Waals surface area contributed by atoms with Gasteiger partial charge in [0, 0.05) is 26.7 Å². The van der Waals surface area contributed by atoms with Gasteiger partial charge < -0.3 is 15.4 Å². The lowest BCUT2D eigenvalue weighted by Gasteiger charge is -2.13. The van der Waals surface area contributed by atoms with Crippen molar-refractivity contribution in [3.8, 4) is 0 Å². The van der Waals surface area contributed by atoms with Gasteiger partial charge in [-0.3, -0.25) is 4.99 Å². The Hall–Kier alpha value is -0.250. The lowest BCUT2D eigenvalue weighted by atomic mass is 10.4. The highest BCUT2D eigenvalue weighted by Gasteiger charge is 2.26. The first-order chi connectivity index (χ1) is 8.35. The van der Waals surface area contributed by atoms with Gasteiger partial charge in [-0.25, -0.2) is 0 Å². The van der Waals surface area contributed by atoms with Gasteiger partial charge in [0.15, 0.2) is 5.96 Å². The molecule has 116 valence electrons. The Morgan fingerprint density at radius 2 is 1.79 bits per heavy atom. The summed E-state index contributed by atoms with van der Waals surface area (Å²) in [5.41, 5.74) is 0. The largest absolute Gasteiger partial charge is 0.390 e. The molecule has 0 bridgehead atoms. The molecule has 0 unspecified atom stereocenters. The molecule has 2 N–H and O–H groups in total. The van der Waals surface area contributed by atoms with Crippen LogP contribution in [0, 0.1) is 0 Å². The van der Waals surface area contributed by atoms with Crippen molar-refractivity contribution in [1.82, 2.24) is 10.6 Å². The average molecular weight is 397 g/mol. The van der Waals surface area contributed by atoms with Gasteiger partial charge in [0.2, 0.25) is 0 Å². The van der Waals surface area contributed by atoms with Crippen molar-refractivity contribution >= 4 is 29.9 Å². The molecule has 0 saturated carbocycles. The van der Waals surface area contributed by atoms with E-state index in [9.17, 15) is 13.2 Å². The SMILES string of the molecule is CN=C(NCCCOC(C)C)NCCC(F)(F)F.I. The van der Waals surface area contributed by atoms with E-state index >= 15 is 0 Å². The van der Waals surface area contributed by atoms with Crippen LogP contribution in [0.25, 0.3) is 0 Å². The predicted octanol–water partition coefficient (Wildman–Crippen LogP) is 2.54. The van der Waals surface area contributed by atoms with Crippen LogP contribution in [0.3, 0.4) is 0 Å². The first-order valence-corrected chi connectivity index (χ1v) is 5.98. The Labute approximate surface area is 129 Å². The molecule has 0 aliphatic rings. The second-order valence-corrected chi connectivity index (χ2v) is 4.06. The fourth-order valence-corrected chi connectivity index (χ4v) is 1.14. The van der Waals surface area contributed by atoms with Crippen LogP contribution >= 0.6 is 24.0 Å². The number of alkyl halides is 3. The average Bonchev–Trinajstić information content (AvgIpc) is 2.24. The monoisotopic (exact) mass is 397 g/mol. The Balaban J connectivity index is 0. The van der Waals surface area contributed by atoms with Crippen LogP contribution in [-0.4, -0.2) is 45.0 Å². The number of rotatable bonds is 7. The third-order valence-corrected chi connectivity index (χ3v) is 1.99. The van der Waals surface area contributed by atoms with E-state index in [4.69, 9.17) is 4.74 Å². The molecule has 0 aliphatic heterocycles. The summed E-state index contributed by atoms with van der Waals surface area (Å²) >= 11 is 0. The summed E-state index contributed by atoms with van der Waals surface area (Å²) in [6.07, 6.45) is -4.05. The summed E-state index contributed by atoms with van der Waals surface area (Å²) in [5.74, 6) is 0.379. The van der Waals surface area contributed by atoms with E-state index in [1.807, 2.05) is 13.8 Å². The molecule has 0 spiro atoms. The molecule has 0 amide bonds. The highest BCUT2D eigenvalue weighted by Crippen LogP contribution is 2.17. The number of hydrogen-bond acceptors (Lipinski definition) is 2. The Morgan fingerprint density at radius 3 is 2.26 bits per heavy atom. The summed E-state index contributed by atoms with van der Waals surface area (Å²) in [6.45, 7) is 4.95. The van der Waals surface area contributed by atoms with Crippen molar-refractivity contribution in [1.29, 1.82) is 0 Å². The number of nitrogens with one attached hydrogen (secondary N) is 2. The summed E-state index contributed by atoms with van der Waals surface area (Å²) in [7, 11) is 1.52.